The summed E-state index contributed by atoms with van der Waals surface area (Å²) in [7, 11) is 0. The summed E-state index contributed by atoms with van der Waals surface area (Å²) in [4.78, 5) is 8.98. The third-order valence-electron chi connectivity index (χ3n) is 8.87. The van der Waals surface area contributed by atoms with Crippen LogP contribution in [0, 0.1) is 25.7 Å². The molecule has 7 aromatic rings. The molecule has 6 heteroatoms. The van der Waals surface area contributed by atoms with Gasteiger partial charge in [-0.1, -0.05) is 80.9 Å². The van der Waals surface area contributed by atoms with Gasteiger partial charge in [-0.25, -0.2) is 4.98 Å². The van der Waals surface area contributed by atoms with Crippen molar-refractivity contribution < 1.29 is 25.8 Å². The van der Waals surface area contributed by atoms with Gasteiger partial charge in [0.25, 0.3) is 0 Å². The summed E-state index contributed by atoms with van der Waals surface area (Å²) < 4.78 is 8.59. The van der Waals surface area contributed by atoms with Crippen molar-refractivity contribution in [3.8, 4) is 28.4 Å². The molecule has 0 atom stereocenters. The minimum atomic E-state index is 0. The van der Waals surface area contributed by atoms with Gasteiger partial charge in [0.05, 0.1) is 0 Å². The first-order chi connectivity index (χ1) is 23.3. The summed E-state index contributed by atoms with van der Waals surface area (Å²) in [6.45, 7) is 10.9. The maximum absolute atomic E-state index is 6.41. The SMILES string of the molecule is Cc1cc(-c2ccccc2)ccc1N1C=CN(c2[c-]c(Oc3[c-]c4c(cc3)c3ccccc3n4-c3cc(C(C)(C)C)ccn3)ccc2)[CH-]1.[Pt]. The molecule has 0 N–H and O–H groups in total. The molecule has 0 saturated heterocycles. The fourth-order valence-corrected chi connectivity index (χ4v) is 6.34. The number of hydrogen-bond acceptors (Lipinski definition) is 4. The van der Waals surface area contributed by atoms with Crippen molar-refractivity contribution in [2.24, 2.45) is 0 Å². The number of para-hydroxylation sites is 1. The maximum atomic E-state index is 6.41. The number of pyridine rings is 1. The molecule has 0 unspecified atom stereocenters. The van der Waals surface area contributed by atoms with Gasteiger partial charge in [-0.2, -0.15) is 12.1 Å². The molecule has 8 rings (SSSR count). The van der Waals surface area contributed by atoms with Crippen molar-refractivity contribution in [1.82, 2.24) is 9.55 Å². The first kappa shape index (κ1) is 32.4. The zero-order valence-corrected chi connectivity index (χ0v) is 30.1. The average molecular weight is 819 g/mol. The van der Waals surface area contributed by atoms with Gasteiger partial charge in [0.15, 0.2) is 0 Å². The molecule has 2 aromatic heterocycles. The molecule has 5 aromatic carbocycles. The van der Waals surface area contributed by atoms with Gasteiger partial charge in [0.1, 0.15) is 5.82 Å². The summed E-state index contributed by atoms with van der Waals surface area (Å²) in [5, 5.41) is 2.25. The molecule has 1 aliphatic heterocycles. The van der Waals surface area contributed by atoms with E-state index >= 15 is 0 Å². The van der Waals surface area contributed by atoms with Crippen LogP contribution in [-0.4, -0.2) is 9.55 Å². The van der Waals surface area contributed by atoms with E-state index in [-0.39, 0.29) is 26.5 Å². The van der Waals surface area contributed by atoms with Crippen molar-refractivity contribution in [2.75, 3.05) is 9.80 Å². The topological polar surface area (TPSA) is 33.5 Å². The van der Waals surface area contributed by atoms with E-state index in [1.807, 2.05) is 42.7 Å². The number of aromatic nitrogens is 2. The Morgan fingerprint density at radius 3 is 2.29 bits per heavy atom. The van der Waals surface area contributed by atoms with Gasteiger partial charge in [0, 0.05) is 50.0 Å². The van der Waals surface area contributed by atoms with Gasteiger partial charge in [-0.3, -0.25) is 0 Å². The van der Waals surface area contributed by atoms with Gasteiger partial charge < -0.3 is 19.1 Å². The predicted molar refractivity (Wildman–Crippen MR) is 196 cm³/mol. The Morgan fingerprint density at radius 1 is 0.694 bits per heavy atom. The van der Waals surface area contributed by atoms with Crippen molar-refractivity contribution in [1.29, 1.82) is 0 Å². The maximum Gasteiger partial charge on any atom is 0.135 e. The number of benzene rings is 5. The standard InChI is InChI=1S/C43H35N4O.Pt/c1-30-25-32(31-11-6-5-7-12-31)17-20-39(30)46-24-23-45(29-46)34-13-10-14-35(27-34)48-36-18-19-38-37-15-8-9-16-40(37)47(41(38)28-36)42-26-33(21-22-44-42)43(2,3)4;/h5-26,29H,1-4H3;/q-3;. The molecule has 5 nitrogen and oxygen atoms in total. The molecule has 0 bridgehead atoms. The number of nitrogens with zero attached hydrogens (tertiary/aromatic N) is 4. The predicted octanol–water partition coefficient (Wildman–Crippen LogP) is 10.8. The van der Waals surface area contributed by atoms with Crippen LogP contribution in [0.25, 0.3) is 38.8 Å². The number of rotatable bonds is 6. The van der Waals surface area contributed by atoms with Gasteiger partial charge in [-0.05, 0) is 82.7 Å². The first-order valence-electron chi connectivity index (χ1n) is 16.2. The largest absolute Gasteiger partial charge is 0.509 e. The van der Waals surface area contributed by atoms with Gasteiger partial charge in [0.2, 0.25) is 0 Å². The van der Waals surface area contributed by atoms with E-state index in [1.165, 1.54) is 22.3 Å². The third-order valence-corrected chi connectivity index (χ3v) is 8.87. The van der Waals surface area contributed by atoms with E-state index in [4.69, 9.17) is 9.72 Å². The molecular formula is C43H35N4OPt-3. The van der Waals surface area contributed by atoms with Crippen LogP contribution < -0.4 is 14.5 Å². The molecule has 0 radical (unpaired) electrons. The molecule has 1 aliphatic rings. The van der Waals surface area contributed by atoms with Crippen molar-refractivity contribution in [2.45, 2.75) is 33.1 Å². The second kappa shape index (κ2) is 13.1. The zero-order chi connectivity index (χ0) is 32.8. The summed E-state index contributed by atoms with van der Waals surface area (Å²) in [5.41, 5.74) is 8.85. The number of aryl methyl sites for hydroxylation is 1. The number of ether oxygens (including phenoxy) is 1. The van der Waals surface area contributed by atoms with Crippen LogP contribution in [0.1, 0.15) is 31.9 Å². The van der Waals surface area contributed by atoms with Crippen LogP contribution >= 0.6 is 0 Å². The normalized spacial score (nSPS) is 12.9. The second-order valence-electron chi connectivity index (χ2n) is 13.2. The number of hydrogen-bond donors (Lipinski definition) is 0. The molecule has 49 heavy (non-hydrogen) atoms. The van der Waals surface area contributed by atoms with E-state index in [9.17, 15) is 0 Å². The van der Waals surface area contributed by atoms with Crippen LogP contribution in [0.5, 0.6) is 11.5 Å². The minimum absolute atomic E-state index is 0. The van der Waals surface area contributed by atoms with Crippen LogP contribution in [0.15, 0.2) is 134 Å². The van der Waals surface area contributed by atoms with Crippen molar-refractivity contribution in [3.05, 3.63) is 164 Å². The molecule has 0 fully saturated rings. The van der Waals surface area contributed by atoms with Crippen molar-refractivity contribution in [3.63, 3.8) is 0 Å². The van der Waals surface area contributed by atoms with Gasteiger partial charge in [-0.15, -0.1) is 48.1 Å². The molecule has 246 valence electrons. The van der Waals surface area contributed by atoms with E-state index in [0.717, 1.165) is 39.0 Å². The fourth-order valence-electron chi connectivity index (χ4n) is 6.34. The molecule has 3 heterocycles. The Balaban J connectivity index is 0.00000378. The number of fused-ring (bicyclic) bond motifs is 3. The minimum Gasteiger partial charge on any atom is -0.509 e. The van der Waals surface area contributed by atoms with E-state index in [2.05, 4.69) is 152 Å². The Labute approximate surface area is 302 Å². The molecule has 0 saturated carbocycles. The van der Waals surface area contributed by atoms with Gasteiger partial charge >= 0.3 is 0 Å². The Hall–Kier alpha value is -5.12. The fraction of sp³-hybridized carbons (Fsp3) is 0.116. The zero-order valence-electron chi connectivity index (χ0n) is 27.8. The quantitative estimate of drug-likeness (QED) is 0.157. The van der Waals surface area contributed by atoms with Crippen molar-refractivity contribution >= 4 is 33.2 Å². The van der Waals surface area contributed by atoms with E-state index in [0.29, 0.717) is 11.5 Å². The van der Waals surface area contributed by atoms with Crippen LogP contribution in [0.2, 0.25) is 0 Å². The second-order valence-corrected chi connectivity index (χ2v) is 13.2. The van der Waals surface area contributed by atoms with Crippen LogP contribution in [0.3, 0.4) is 0 Å². The third kappa shape index (κ3) is 6.27. The smallest absolute Gasteiger partial charge is 0.135 e. The first-order valence-corrected chi connectivity index (χ1v) is 16.2. The molecule has 0 aliphatic carbocycles. The molecule has 0 spiro atoms. The summed E-state index contributed by atoms with van der Waals surface area (Å²) in [6.07, 6.45) is 5.99. The summed E-state index contributed by atoms with van der Waals surface area (Å²) in [5.74, 6) is 2.09. The molecular weight excluding hydrogens is 784 g/mol. The number of anilines is 2. The van der Waals surface area contributed by atoms with Crippen LogP contribution in [-0.2, 0) is 26.5 Å². The monoisotopic (exact) mass is 818 g/mol. The Kier molecular flexibility index (Phi) is 8.64. The summed E-state index contributed by atoms with van der Waals surface area (Å²) in [6, 6.07) is 46.8. The van der Waals surface area contributed by atoms with E-state index in [1.54, 1.807) is 0 Å². The molecule has 0 amide bonds. The van der Waals surface area contributed by atoms with Crippen LogP contribution in [0.4, 0.5) is 11.4 Å². The summed E-state index contributed by atoms with van der Waals surface area (Å²) >= 11 is 0. The Morgan fingerprint density at radius 2 is 1.47 bits per heavy atom. The average Bonchev–Trinajstić information content (AvgIpc) is 3.72. The Bertz CT molecular complexity index is 2320. The van der Waals surface area contributed by atoms with E-state index < -0.39 is 0 Å².